The van der Waals surface area contributed by atoms with Crippen molar-refractivity contribution in [1.82, 2.24) is 0 Å². The highest BCUT2D eigenvalue weighted by Gasteiger charge is 2.17. The van der Waals surface area contributed by atoms with Crippen molar-refractivity contribution in [2.24, 2.45) is 0 Å². The Labute approximate surface area is 184 Å². The maximum Gasteiger partial charge on any atom is 0.265 e. The van der Waals surface area contributed by atoms with Crippen LogP contribution >= 0.6 is 22.9 Å². The largest absolute Gasteiger partial charge is 0.490 e. The third kappa shape index (κ3) is 5.01. The van der Waals surface area contributed by atoms with Crippen LogP contribution in [0.4, 0.5) is 11.4 Å². The fourth-order valence-electron chi connectivity index (χ4n) is 3.37. The molecule has 1 heterocycles. The molecule has 0 spiro atoms. The Morgan fingerprint density at radius 2 is 1.73 bits per heavy atom. The van der Waals surface area contributed by atoms with Crippen LogP contribution in [-0.2, 0) is 0 Å². The Bertz CT molecular complexity index is 1030. The number of carbonyl (C=O) groups excluding carboxylic acids is 2. The normalized spacial score (nSPS) is 13.8. The van der Waals surface area contributed by atoms with E-state index in [4.69, 9.17) is 16.3 Å². The zero-order valence-electron chi connectivity index (χ0n) is 16.2. The standard InChI is InChI=1S/C23H21ClN2O3S/c24-19-12-7-15(14-20(19)26-23(28)21-6-3-13-30-21)22(27)25-16-8-10-18(11-9-16)29-17-4-1-2-5-17/h3,6-14,17H,1-2,4-5H2,(H,25,27)(H,26,28). The van der Waals surface area contributed by atoms with Crippen molar-refractivity contribution in [1.29, 1.82) is 0 Å². The molecule has 154 valence electrons. The summed E-state index contributed by atoms with van der Waals surface area (Å²) in [5.74, 6) is 0.259. The lowest BCUT2D eigenvalue weighted by Gasteiger charge is -2.13. The van der Waals surface area contributed by atoms with E-state index in [0.29, 0.717) is 32.9 Å². The molecule has 0 atom stereocenters. The van der Waals surface area contributed by atoms with Gasteiger partial charge in [0.25, 0.3) is 11.8 Å². The number of rotatable bonds is 6. The van der Waals surface area contributed by atoms with E-state index in [9.17, 15) is 9.59 Å². The first-order chi connectivity index (χ1) is 14.6. The van der Waals surface area contributed by atoms with Crippen molar-refractivity contribution in [2.45, 2.75) is 31.8 Å². The molecule has 5 nitrogen and oxygen atoms in total. The second-order valence-electron chi connectivity index (χ2n) is 7.13. The number of halogens is 1. The molecule has 3 aromatic rings. The van der Waals surface area contributed by atoms with Gasteiger partial charge in [-0.25, -0.2) is 0 Å². The zero-order chi connectivity index (χ0) is 20.9. The Hall–Kier alpha value is -2.83. The molecule has 0 radical (unpaired) electrons. The second-order valence-corrected chi connectivity index (χ2v) is 8.48. The summed E-state index contributed by atoms with van der Waals surface area (Å²) in [6.07, 6.45) is 4.92. The summed E-state index contributed by atoms with van der Waals surface area (Å²) in [4.78, 5) is 25.5. The molecule has 4 rings (SSSR count). The molecule has 1 fully saturated rings. The zero-order valence-corrected chi connectivity index (χ0v) is 17.8. The van der Waals surface area contributed by atoms with Crippen LogP contribution < -0.4 is 15.4 Å². The fraction of sp³-hybridized carbons (Fsp3) is 0.217. The van der Waals surface area contributed by atoms with E-state index in [-0.39, 0.29) is 11.8 Å². The Morgan fingerprint density at radius 1 is 0.967 bits per heavy atom. The third-order valence-electron chi connectivity index (χ3n) is 4.94. The van der Waals surface area contributed by atoms with E-state index in [1.54, 1.807) is 30.3 Å². The van der Waals surface area contributed by atoms with Crippen LogP contribution in [0.1, 0.15) is 45.7 Å². The van der Waals surface area contributed by atoms with Gasteiger partial charge in [0.1, 0.15) is 5.75 Å². The molecule has 7 heteroatoms. The molecule has 0 unspecified atom stereocenters. The number of thiophene rings is 1. The minimum Gasteiger partial charge on any atom is -0.490 e. The smallest absolute Gasteiger partial charge is 0.265 e. The van der Waals surface area contributed by atoms with Gasteiger partial charge < -0.3 is 15.4 Å². The monoisotopic (exact) mass is 440 g/mol. The molecule has 0 saturated heterocycles. The minimum atomic E-state index is -0.289. The number of carbonyl (C=O) groups is 2. The first-order valence-corrected chi connectivity index (χ1v) is 11.1. The molecular formula is C23H21ClN2O3S. The number of anilines is 2. The van der Waals surface area contributed by atoms with Crippen LogP contribution in [0, 0.1) is 0 Å². The molecule has 1 aromatic heterocycles. The number of nitrogens with one attached hydrogen (secondary N) is 2. The highest BCUT2D eigenvalue weighted by atomic mass is 35.5. The summed E-state index contributed by atoms with van der Waals surface area (Å²) in [6.45, 7) is 0. The van der Waals surface area contributed by atoms with E-state index in [0.717, 1.165) is 18.6 Å². The first-order valence-electron chi connectivity index (χ1n) is 9.81. The van der Waals surface area contributed by atoms with Crippen LogP contribution in [0.25, 0.3) is 0 Å². The lowest BCUT2D eigenvalue weighted by Crippen LogP contribution is -2.14. The average Bonchev–Trinajstić information content (AvgIpc) is 3.45. The molecule has 0 aliphatic heterocycles. The molecule has 2 N–H and O–H groups in total. The maximum atomic E-state index is 12.7. The fourth-order valence-corrected chi connectivity index (χ4v) is 4.16. The summed E-state index contributed by atoms with van der Waals surface area (Å²) >= 11 is 7.53. The van der Waals surface area contributed by atoms with Gasteiger partial charge in [0.05, 0.1) is 21.7 Å². The van der Waals surface area contributed by atoms with Crippen LogP contribution in [0.5, 0.6) is 5.75 Å². The van der Waals surface area contributed by atoms with Gasteiger partial charge in [-0.2, -0.15) is 0 Å². The van der Waals surface area contributed by atoms with Crippen molar-refractivity contribution in [3.8, 4) is 5.75 Å². The Morgan fingerprint density at radius 3 is 2.43 bits per heavy atom. The minimum absolute atomic E-state index is 0.262. The van der Waals surface area contributed by atoms with Gasteiger partial charge in [-0.05, 0) is 79.6 Å². The van der Waals surface area contributed by atoms with Crippen molar-refractivity contribution >= 4 is 46.1 Å². The molecule has 1 saturated carbocycles. The van der Waals surface area contributed by atoms with Crippen molar-refractivity contribution in [3.05, 3.63) is 75.4 Å². The number of ether oxygens (including phenoxy) is 1. The second kappa shape index (κ2) is 9.32. The van der Waals surface area contributed by atoms with Gasteiger partial charge in [0, 0.05) is 11.3 Å². The molecule has 1 aliphatic carbocycles. The van der Waals surface area contributed by atoms with Gasteiger partial charge in [0.2, 0.25) is 0 Å². The SMILES string of the molecule is O=C(Nc1ccc(OC2CCCC2)cc1)c1ccc(Cl)c(NC(=O)c2cccs2)c1. The summed E-state index contributed by atoms with van der Waals surface area (Å²) in [5.41, 5.74) is 1.45. The van der Waals surface area contributed by atoms with E-state index >= 15 is 0 Å². The summed E-state index contributed by atoms with van der Waals surface area (Å²) in [6, 6.07) is 15.7. The molecule has 0 bridgehead atoms. The topological polar surface area (TPSA) is 67.4 Å². The van der Waals surface area contributed by atoms with E-state index < -0.39 is 0 Å². The highest BCUT2D eigenvalue weighted by Crippen LogP contribution is 2.27. The predicted molar refractivity (Wildman–Crippen MR) is 121 cm³/mol. The van der Waals surface area contributed by atoms with Gasteiger partial charge in [-0.3, -0.25) is 9.59 Å². The summed E-state index contributed by atoms with van der Waals surface area (Å²) < 4.78 is 5.95. The van der Waals surface area contributed by atoms with E-state index in [2.05, 4.69) is 10.6 Å². The summed E-state index contributed by atoms with van der Waals surface area (Å²) in [5, 5.41) is 7.80. The quantitative estimate of drug-likeness (QED) is 0.477. The molecule has 2 amide bonds. The molecular weight excluding hydrogens is 420 g/mol. The summed E-state index contributed by atoms with van der Waals surface area (Å²) in [7, 11) is 0. The lowest BCUT2D eigenvalue weighted by molar-refractivity contribution is 0.101. The predicted octanol–water partition coefficient (Wildman–Crippen LogP) is 6.23. The van der Waals surface area contributed by atoms with Crippen molar-refractivity contribution in [3.63, 3.8) is 0 Å². The van der Waals surface area contributed by atoms with Gasteiger partial charge >= 0.3 is 0 Å². The maximum absolute atomic E-state index is 12.7. The van der Waals surface area contributed by atoms with Crippen LogP contribution in [0.3, 0.4) is 0 Å². The van der Waals surface area contributed by atoms with E-state index in [1.807, 2.05) is 29.6 Å². The number of hydrogen-bond acceptors (Lipinski definition) is 4. The average molecular weight is 441 g/mol. The molecule has 1 aliphatic rings. The van der Waals surface area contributed by atoms with Gasteiger partial charge in [0.15, 0.2) is 0 Å². The van der Waals surface area contributed by atoms with Crippen molar-refractivity contribution in [2.75, 3.05) is 10.6 Å². The van der Waals surface area contributed by atoms with Crippen LogP contribution in [-0.4, -0.2) is 17.9 Å². The number of amides is 2. The first kappa shape index (κ1) is 20.4. The van der Waals surface area contributed by atoms with Crippen molar-refractivity contribution < 1.29 is 14.3 Å². The third-order valence-corrected chi connectivity index (χ3v) is 6.14. The Balaban J connectivity index is 1.41. The highest BCUT2D eigenvalue weighted by molar-refractivity contribution is 7.12. The van der Waals surface area contributed by atoms with Crippen LogP contribution in [0.15, 0.2) is 60.0 Å². The van der Waals surface area contributed by atoms with Crippen LogP contribution in [0.2, 0.25) is 5.02 Å². The number of benzene rings is 2. The Kier molecular flexibility index (Phi) is 6.35. The molecule has 30 heavy (non-hydrogen) atoms. The van der Waals surface area contributed by atoms with Gasteiger partial charge in [-0.15, -0.1) is 11.3 Å². The van der Waals surface area contributed by atoms with E-state index in [1.165, 1.54) is 24.2 Å². The number of hydrogen-bond donors (Lipinski definition) is 2. The molecule has 2 aromatic carbocycles. The lowest BCUT2D eigenvalue weighted by atomic mass is 10.1. The van der Waals surface area contributed by atoms with Gasteiger partial charge in [-0.1, -0.05) is 17.7 Å².